The summed E-state index contributed by atoms with van der Waals surface area (Å²) in [7, 11) is 0. The molecule has 0 saturated heterocycles. The number of hydrogen-bond donors (Lipinski definition) is 2. The molecule has 114 valence electrons. The van der Waals surface area contributed by atoms with E-state index in [9.17, 15) is 4.79 Å². The number of carbonyl (C=O) groups excluding carboxylic acids is 1. The second-order valence-electron chi connectivity index (χ2n) is 4.97. The SMILES string of the molecule is Cc1ccccc1/C=C/NC(=O)NCCc1ccc(Br)cc1. The number of aryl methyl sites for hydroxylation is 1. The average molecular weight is 359 g/mol. The summed E-state index contributed by atoms with van der Waals surface area (Å²) in [4.78, 5) is 11.7. The molecule has 22 heavy (non-hydrogen) atoms. The van der Waals surface area contributed by atoms with E-state index in [0.29, 0.717) is 6.54 Å². The summed E-state index contributed by atoms with van der Waals surface area (Å²) in [6.45, 7) is 2.64. The summed E-state index contributed by atoms with van der Waals surface area (Å²) in [5, 5.41) is 5.55. The van der Waals surface area contributed by atoms with E-state index in [1.807, 2.05) is 61.5 Å². The minimum absolute atomic E-state index is 0.193. The van der Waals surface area contributed by atoms with Gasteiger partial charge in [-0.25, -0.2) is 4.79 Å². The van der Waals surface area contributed by atoms with Crippen LogP contribution in [0.3, 0.4) is 0 Å². The standard InChI is InChI=1S/C18H19BrN2O/c1-14-4-2-3-5-16(14)11-13-21-18(22)20-12-10-15-6-8-17(19)9-7-15/h2-9,11,13H,10,12H2,1H3,(H2,20,21,22)/b13-11+. The Morgan fingerprint density at radius 3 is 2.59 bits per heavy atom. The molecule has 2 amide bonds. The molecule has 0 radical (unpaired) electrons. The van der Waals surface area contributed by atoms with Crippen molar-refractivity contribution in [3.8, 4) is 0 Å². The van der Waals surface area contributed by atoms with Gasteiger partial charge in [0.2, 0.25) is 0 Å². The molecule has 0 aliphatic rings. The Hall–Kier alpha value is -2.07. The summed E-state index contributed by atoms with van der Waals surface area (Å²) in [6, 6.07) is 15.9. The molecule has 0 bridgehead atoms. The normalized spacial score (nSPS) is 10.6. The first-order valence-electron chi connectivity index (χ1n) is 7.16. The van der Waals surface area contributed by atoms with Crippen molar-refractivity contribution in [1.29, 1.82) is 0 Å². The molecule has 0 aliphatic heterocycles. The van der Waals surface area contributed by atoms with Crippen LogP contribution in [0.2, 0.25) is 0 Å². The molecule has 0 aromatic heterocycles. The lowest BCUT2D eigenvalue weighted by molar-refractivity contribution is 0.244. The van der Waals surface area contributed by atoms with Crippen molar-refractivity contribution in [3.63, 3.8) is 0 Å². The van der Waals surface area contributed by atoms with Crippen LogP contribution in [0.25, 0.3) is 6.08 Å². The molecule has 2 aromatic rings. The maximum Gasteiger partial charge on any atom is 0.318 e. The Bertz CT molecular complexity index is 650. The van der Waals surface area contributed by atoms with E-state index >= 15 is 0 Å². The van der Waals surface area contributed by atoms with Crippen LogP contribution in [0.1, 0.15) is 16.7 Å². The molecule has 0 heterocycles. The van der Waals surface area contributed by atoms with Crippen molar-refractivity contribution in [3.05, 3.63) is 75.9 Å². The third kappa shape index (κ3) is 5.37. The molecule has 0 unspecified atom stereocenters. The fraction of sp³-hybridized carbons (Fsp3) is 0.167. The molecule has 0 spiro atoms. The zero-order valence-corrected chi connectivity index (χ0v) is 14.1. The molecule has 0 aliphatic carbocycles. The Labute approximate surface area is 139 Å². The van der Waals surface area contributed by atoms with Gasteiger partial charge in [-0.15, -0.1) is 0 Å². The fourth-order valence-corrected chi connectivity index (χ4v) is 2.27. The predicted octanol–water partition coefficient (Wildman–Crippen LogP) is 4.27. The van der Waals surface area contributed by atoms with Crippen LogP contribution in [0, 0.1) is 6.92 Å². The van der Waals surface area contributed by atoms with E-state index in [-0.39, 0.29) is 6.03 Å². The number of urea groups is 1. The van der Waals surface area contributed by atoms with Crippen molar-refractivity contribution in [2.45, 2.75) is 13.3 Å². The van der Waals surface area contributed by atoms with E-state index in [1.54, 1.807) is 6.20 Å². The van der Waals surface area contributed by atoms with Gasteiger partial charge < -0.3 is 10.6 Å². The Balaban J connectivity index is 1.72. The Morgan fingerprint density at radius 1 is 1.14 bits per heavy atom. The van der Waals surface area contributed by atoms with E-state index in [2.05, 4.69) is 26.6 Å². The van der Waals surface area contributed by atoms with E-state index < -0.39 is 0 Å². The van der Waals surface area contributed by atoms with Crippen LogP contribution in [0.4, 0.5) is 4.79 Å². The van der Waals surface area contributed by atoms with Crippen LogP contribution < -0.4 is 10.6 Å². The predicted molar refractivity (Wildman–Crippen MR) is 94.6 cm³/mol. The number of nitrogens with one attached hydrogen (secondary N) is 2. The first-order valence-corrected chi connectivity index (χ1v) is 7.95. The fourth-order valence-electron chi connectivity index (χ4n) is 2.00. The lowest BCUT2D eigenvalue weighted by atomic mass is 10.1. The average Bonchev–Trinajstić information content (AvgIpc) is 2.51. The third-order valence-corrected chi connectivity index (χ3v) is 3.81. The number of hydrogen-bond acceptors (Lipinski definition) is 1. The van der Waals surface area contributed by atoms with Gasteiger partial charge in [0.1, 0.15) is 0 Å². The summed E-state index contributed by atoms with van der Waals surface area (Å²) < 4.78 is 1.06. The van der Waals surface area contributed by atoms with Crippen LogP contribution in [-0.4, -0.2) is 12.6 Å². The first-order chi connectivity index (χ1) is 10.6. The van der Waals surface area contributed by atoms with Gasteiger partial charge in [-0.2, -0.15) is 0 Å². The molecule has 0 atom stereocenters. The molecule has 2 N–H and O–H groups in total. The smallest absolute Gasteiger partial charge is 0.318 e. The number of amides is 2. The van der Waals surface area contributed by atoms with E-state index in [4.69, 9.17) is 0 Å². The maximum absolute atomic E-state index is 11.7. The number of halogens is 1. The zero-order valence-electron chi connectivity index (χ0n) is 12.5. The molecule has 4 heteroatoms. The molecule has 2 aromatic carbocycles. The van der Waals surface area contributed by atoms with E-state index in [1.165, 1.54) is 11.1 Å². The van der Waals surface area contributed by atoms with Crippen LogP contribution in [-0.2, 0) is 6.42 Å². The van der Waals surface area contributed by atoms with Crippen molar-refractivity contribution >= 4 is 28.0 Å². The molecule has 0 fully saturated rings. The molecule has 0 saturated carbocycles. The van der Waals surface area contributed by atoms with Gasteiger partial charge >= 0.3 is 6.03 Å². The molecular weight excluding hydrogens is 340 g/mol. The van der Waals surface area contributed by atoms with Crippen molar-refractivity contribution in [1.82, 2.24) is 10.6 Å². The quantitative estimate of drug-likeness (QED) is 0.823. The van der Waals surface area contributed by atoms with Gasteiger partial charge in [0.15, 0.2) is 0 Å². The van der Waals surface area contributed by atoms with E-state index in [0.717, 1.165) is 16.5 Å². The molecular formula is C18H19BrN2O. The summed E-state index contributed by atoms with van der Waals surface area (Å²) in [5.41, 5.74) is 3.47. The highest BCUT2D eigenvalue weighted by molar-refractivity contribution is 9.10. The number of rotatable bonds is 5. The van der Waals surface area contributed by atoms with Gasteiger partial charge in [0.25, 0.3) is 0 Å². The van der Waals surface area contributed by atoms with Crippen LogP contribution >= 0.6 is 15.9 Å². The molecule has 3 nitrogen and oxygen atoms in total. The second-order valence-corrected chi connectivity index (χ2v) is 5.88. The van der Waals surface area contributed by atoms with Gasteiger partial charge in [0.05, 0.1) is 0 Å². The van der Waals surface area contributed by atoms with Gasteiger partial charge in [0, 0.05) is 17.2 Å². The Morgan fingerprint density at radius 2 is 1.86 bits per heavy atom. The highest BCUT2D eigenvalue weighted by Crippen LogP contribution is 2.10. The summed E-state index contributed by atoms with van der Waals surface area (Å²) in [5.74, 6) is 0. The minimum atomic E-state index is -0.193. The van der Waals surface area contributed by atoms with Gasteiger partial charge in [-0.05, 0) is 48.2 Å². The number of benzene rings is 2. The van der Waals surface area contributed by atoms with Crippen molar-refractivity contribution < 1.29 is 4.79 Å². The topological polar surface area (TPSA) is 41.1 Å². The Kier molecular flexibility index (Phi) is 6.22. The minimum Gasteiger partial charge on any atom is -0.338 e. The maximum atomic E-state index is 11.7. The largest absolute Gasteiger partial charge is 0.338 e. The first kappa shape index (κ1) is 16.3. The van der Waals surface area contributed by atoms with Gasteiger partial charge in [-0.1, -0.05) is 52.3 Å². The second kappa shape index (κ2) is 8.39. The monoisotopic (exact) mass is 358 g/mol. The summed E-state index contributed by atoms with van der Waals surface area (Å²) in [6.07, 6.45) is 4.36. The van der Waals surface area contributed by atoms with Crippen molar-refractivity contribution in [2.75, 3.05) is 6.54 Å². The van der Waals surface area contributed by atoms with Crippen LogP contribution in [0.15, 0.2) is 59.2 Å². The molecule has 2 rings (SSSR count). The lowest BCUT2D eigenvalue weighted by Crippen LogP contribution is -2.33. The zero-order chi connectivity index (χ0) is 15.8. The van der Waals surface area contributed by atoms with Crippen molar-refractivity contribution in [2.24, 2.45) is 0 Å². The lowest BCUT2D eigenvalue weighted by Gasteiger charge is -2.05. The van der Waals surface area contributed by atoms with Crippen LogP contribution in [0.5, 0.6) is 0 Å². The highest BCUT2D eigenvalue weighted by atomic mass is 79.9. The summed E-state index contributed by atoms with van der Waals surface area (Å²) >= 11 is 3.40. The third-order valence-electron chi connectivity index (χ3n) is 3.28. The highest BCUT2D eigenvalue weighted by Gasteiger charge is 1.98. The van der Waals surface area contributed by atoms with Gasteiger partial charge in [-0.3, -0.25) is 0 Å². The number of carbonyl (C=O) groups is 1.